The summed E-state index contributed by atoms with van der Waals surface area (Å²) in [5, 5.41) is 4.15. The Morgan fingerprint density at radius 2 is 1.82 bits per heavy atom. The molecule has 3 rings (SSSR count). The Morgan fingerprint density at radius 1 is 1.07 bits per heavy atom. The van der Waals surface area contributed by atoms with Crippen LogP contribution in [-0.4, -0.2) is 61.3 Å². The van der Waals surface area contributed by atoms with Gasteiger partial charge in [-0.25, -0.2) is 0 Å². The molecule has 28 heavy (non-hydrogen) atoms. The van der Waals surface area contributed by atoms with Gasteiger partial charge in [0.2, 0.25) is 0 Å². The fraction of sp³-hybridized carbons (Fsp3) is 0.609. The summed E-state index contributed by atoms with van der Waals surface area (Å²) in [4.78, 5) is 7.44. The summed E-state index contributed by atoms with van der Waals surface area (Å²) in [7, 11) is 2.16. The molecular weight excluding hydrogens is 348 g/mol. The first-order chi connectivity index (χ1) is 13.4. The summed E-state index contributed by atoms with van der Waals surface area (Å²) in [6.45, 7) is 16.3. The van der Waals surface area contributed by atoms with Crippen molar-refractivity contribution in [2.45, 2.75) is 46.6 Å². The fourth-order valence-electron chi connectivity index (χ4n) is 3.74. The third-order valence-electron chi connectivity index (χ3n) is 5.84. The van der Waals surface area contributed by atoms with Crippen molar-refractivity contribution >= 4 is 5.69 Å². The predicted molar refractivity (Wildman–Crippen MR) is 116 cm³/mol. The van der Waals surface area contributed by atoms with Crippen molar-refractivity contribution in [1.82, 2.24) is 15.0 Å². The number of piperazine rings is 1. The van der Waals surface area contributed by atoms with E-state index in [0.29, 0.717) is 5.92 Å². The number of hydrogen-bond donors (Lipinski definition) is 0. The zero-order valence-corrected chi connectivity index (χ0v) is 18.2. The molecule has 2 aromatic rings. The summed E-state index contributed by atoms with van der Waals surface area (Å²) in [6.07, 6.45) is 1.19. The Bertz CT molecular complexity index is 747. The van der Waals surface area contributed by atoms with Crippen LogP contribution in [0.3, 0.4) is 0 Å². The highest BCUT2D eigenvalue weighted by Crippen LogP contribution is 2.20. The normalized spacial score (nSPS) is 15.8. The molecular formula is C23H36N4O. The molecule has 0 bridgehead atoms. The molecule has 0 atom stereocenters. The smallest absolute Gasteiger partial charge is 0.150 e. The van der Waals surface area contributed by atoms with Gasteiger partial charge in [0.25, 0.3) is 0 Å². The molecule has 2 heterocycles. The second-order valence-electron chi connectivity index (χ2n) is 8.56. The zero-order valence-electron chi connectivity index (χ0n) is 18.2. The van der Waals surface area contributed by atoms with E-state index in [0.717, 1.165) is 50.7 Å². The third kappa shape index (κ3) is 5.58. The van der Waals surface area contributed by atoms with E-state index in [1.807, 2.05) is 0 Å². The van der Waals surface area contributed by atoms with Crippen LogP contribution in [0.1, 0.15) is 48.8 Å². The number of benzene rings is 1. The van der Waals surface area contributed by atoms with Gasteiger partial charge in [0.1, 0.15) is 0 Å². The van der Waals surface area contributed by atoms with Crippen molar-refractivity contribution in [1.29, 1.82) is 0 Å². The van der Waals surface area contributed by atoms with E-state index >= 15 is 0 Å². The van der Waals surface area contributed by atoms with Crippen LogP contribution in [0.5, 0.6) is 0 Å². The van der Waals surface area contributed by atoms with Gasteiger partial charge in [0.05, 0.1) is 12.2 Å². The number of nitrogens with zero attached hydrogens (tertiary/aromatic N) is 4. The van der Waals surface area contributed by atoms with Gasteiger partial charge < -0.3 is 9.42 Å². The highest BCUT2D eigenvalue weighted by molar-refractivity contribution is 5.51. The fourth-order valence-corrected chi connectivity index (χ4v) is 3.74. The third-order valence-corrected chi connectivity index (χ3v) is 5.84. The monoisotopic (exact) mass is 384 g/mol. The van der Waals surface area contributed by atoms with Crippen molar-refractivity contribution < 1.29 is 4.52 Å². The van der Waals surface area contributed by atoms with Gasteiger partial charge in [0, 0.05) is 37.9 Å². The summed E-state index contributed by atoms with van der Waals surface area (Å²) in [5.41, 5.74) is 5.17. The van der Waals surface area contributed by atoms with E-state index in [4.69, 9.17) is 4.52 Å². The Kier molecular flexibility index (Phi) is 7.13. The minimum Gasteiger partial charge on any atom is -0.369 e. The molecule has 5 nitrogen and oxygen atoms in total. The zero-order chi connectivity index (χ0) is 20.1. The SMILES string of the molecule is Cc1ccc(N2CCN(CCCN(C)Cc3cc(C(C)C)no3)CC2)cc1C. The average molecular weight is 385 g/mol. The Balaban J connectivity index is 1.36. The molecule has 0 spiro atoms. The maximum absolute atomic E-state index is 5.45. The van der Waals surface area contributed by atoms with Crippen LogP contribution >= 0.6 is 0 Å². The molecule has 0 saturated carbocycles. The Labute approximate surface area is 170 Å². The average Bonchev–Trinajstić information content (AvgIpc) is 3.13. The van der Waals surface area contributed by atoms with Crippen molar-refractivity contribution in [3.05, 3.63) is 46.8 Å². The lowest BCUT2D eigenvalue weighted by atomic mass is 10.1. The molecule has 0 radical (unpaired) electrons. The maximum Gasteiger partial charge on any atom is 0.150 e. The van der Waals surface area contributed by atoms with Crippen LogP contribution in [0.15, 0.2) is 28.8 Å². The predicted octanol–water partition coefficient (Wildman–Crippen LogP) is 4.06. The quantitative estimate of drug-likeness (QED) is 0.686. The van der Waals surface area contributed by atoms with E-state index in [-0.39, 0.29) is 0 Å². The number of aromatic nitrogens is 1. The highest BCUT2D eigenvalue weighted by atomic mass is 16.5. The van der Waals surface area contributed by atoms with Gasteiger partial charge in [-0.2, -0.15) is 0 Å². The molecule has 0 N–H and O–H groups in total. The van der Waals surface area contributed by atoms with Crippen LogP contribution in [-0.2, 0) is 6.54 Å². The molecule has 5 heteroatoms. The molecule has 1 aliphatic rings. The minimum absolute atomic E-state index is 0.422. The second kappa shape index (κ2) is 9.57. The molecule has 1 fully saturated rings. The first-order valence-corrected chi connectivity index (χ1v) is 10.6. The Morgan fingerprint density at radius 3 is 2.46 bits per heavy atom. The van der Waals surface area contributed by atoms with Crippen molar-refractivity contribution in [3.8, 4) is 0 Å². The van der Waals surface area contributed by atoms with Crippen LogP contribution < -0.4 is 4.90 Å². The van der Waals surface area contributed by atoms with E-state index in [1.54, 1.807) is 0 Å². The standard InChI is InChI=1S/C23H36N4O/c1-18(2)23-16-22(28-24-23)17-25(5)9-6-10-26-11-13-27(14-12-26)21-8-7-19(3)20(4)15-21/h7-8,15-16,18H,6,9-14,17H2,1-5H3. The summed E-state index contributed by atoms with van der Waals surface area (Å²) >= 11 is 0. The summed E-state index contributed by atoms with van der Waals surface area (Å²) < 4.78 is 5.45. The second-order valence-corrected chi connectivity index (χ2v) is 8.56. The molecule has 1 saturated heterocycles. The van der Waals surface area contributed by atoms with Crippen molar-refractivity contribution in [2.75, 3.05) is 51.2 Å². The molecule has 1 aliphatic heterocycles. The number of rotatable bonds is 8. The van der Waals surface area contributed by atoms with E-state index in [1.165, 1.54) is 29.8 Å². The van der Waals surface area contributed by atoms with E-state index < -0.39 is 0 Å². The first kappa shape index (κ1) is 20.9. The van der Waals surface area contributed by atoms with Crippen molar-refractivity contribution in [3.63, 3.8) is 0 Å². The van der Waals surface area contributed by atoms with Gasteiger partial charge in [-0.15, -0.1) is 0 Å². The highest BCUT2D eigenvalue weighted by Gasteiger charge is 2.17. The van der Waals surface area contributed by atoms with Gasteiger partial charge in [-0.1, -0.05) is 25.1 Å². The molecule has 0 unspecified atom stereocenters. The van der Waals surface area contributed by atoms with Gasteiger partial charge in [-0.3, -0.25) is 9.80 Å². The molecule has 1 aromatic heterocycles. The molecule has 1 aromatic carbocycles. The molecule has 0 amide bonds. The van der Waals surface area contributed by atoms with Crippen LogP contribution in [0.4, 0.5) is 5.69 Å². The van der Waals surface area contributed by atoms with E-state index in [2.05, 4.69) is 78.9 Å². The molecule has 154 valence electrons. The summed E-state index contributed by atoms with van der Waals surface area (Å²) in [5.74, 6) is 1.39. The van der Waals surface area contributed by atoms with Gasteiger partial charge in [0.15, 0.2) is 5.76 Å². The largest absolute Gasteiger partial charge is 0.369 e. The number of anilines is 1. The van der Waals surface area contributed by atoms with Gasteiger partial charge in [-0.05, 0) is 69.6 Å². The topological polar surface area (TPSA) is 35.8 Å². The lowest BCUT2D eigenvalue weighted by Crippen LogP contribution is -2.47. The lowest BCUT2D eigenvalue weighted by Gasteiger charge is -2.36. The lowest BCUT2D eigenvalue weighted by molar-refractivity contribution is 0.222. The van der Waals surface area contributed by atoms with Crippen LogP contribution in [0.2, 0.25) is 0 Å². The minimum atomic E-state index is 0.422. The van der Waals surface area contributed by atoms with Crippen molar-refractivity contribution in [2.24, 2.45) is 0 Å². The first-order valence-electron chi connectivity index (χ1n) is 10.6. The van der Waals surface area contributed by atoms with Crippen LogP contribution in [0.25, 0.3) is 0 Å². The number of hydrogen-bond acceptors (Lipinski definition) is 5. The van der Waals surface area contributed by atoms with Gasteiger partial charge >= 0.3 is 0 Å². The van der Waals surface area contributed by atoms with E-state index in [9.17, 15) is 0 Å². The summed E-state index contributed by atoms with van der Waals surface area (Å²) in [6, 6.07) is 8.92. The maximum atomic E-state index is 5.45. The van der Waals surface area contributed by atoms with Crippen LogP contribution in [0, 0.1) is 13.8 Å². The molecule has 0 aliphatic carbocycles. The number of aryl methyl sites for hydroxylation is 2. The Hall–Kier alpha value is -1.85.